The van der Waals surface area contributed by atoms with Gasteiger partial charge in [0.2, 0.25) is 17.6 Å². The molecule has 2 amide bonds. The SMILES string of the molecule is COc1cc(-c2cc(CC3CCN(CC4=CC(c5cc(OC)c(OC)c(C6CCC6)c5)NC=C4)C(=O)C3CC(N)=O)ccn2)cc(OC)c1OC. The number of ether oxygens (including phenoxy) is 5. The van der Waals surface area contributed by atoms with Crippen LogP contribution in [0.25, 0.3) is 11.3 Å². The number of aromatic nitrogens is 1. The Morgan fingerprint density at radius 2 is 1.63 bits per heavy atom. The third-order valence-corrected chi connectivity index (χ3v) is 10.4. The van der Waals surface area contributed by atoms with Crippen LogP contribution in [-0.2, 0) is 16.0 Å². The van der Waals surface area contributed by atoms with E-state index in [-0.39, 0.29) is 24.3 Å². The number of nitrogens with zero attached hydrogens (tertiary/aromatic N) is 2. The lowest BCUT2D eigenvalue weighted by Gasteiger charge is -2.38. The number of rotatable bonds is 14. The van der Waals surface area contributed by atoms with Crippen LogP contribution in [0.15, 0.2) is 66.5 Å². The summed E-state index contributed by atoms with van der Waals surface area (Å²) in [4.78, 5) is 32.8. The number of amides is 2. The molecule has 51 heavy (non-hydrogen) atoms. The molecule has 0 spiro atoms. The molecule has 2 fully saturated rings. The normalized spacial score (nSPS) is 20.2. The van der Waals surface area contributed by atoms with E-state index in [1.165, 1.54) is 12.0 Å². The minimum absolute atomic E-state index is 0.000524. The Morgan fingerprint density at radius 1 is 0.922 bits per heavy atom. The summed E-state index contributed by atoms with van der Waals surface area (Å²) in [5.74, 6) is 2.45. The lowest BCUT2D eigenvalue weighted by Crippen LogP contribution is -2.48. The van der Waals surface area contributed by atoms with Gasteiger partial charge in [-0.25, -0.2) is 0 Å². The second kappa shape index (κ2) is 15.8. The van der Waals surface area contributed by atoms with Crippen molar-refractivity contribution in [2.45, 2.75) is 50.5 Å². The third kappa shape index (κ3) is 7.62. The van der Waals surface area contributed by atoms with Gasteiger partial charge in [-0.3, -0.25) is 14.6 Å². The maximum atomic E-state index is 14.1. The average Bonchev–Trinajstić information content (AvgIpc) is 3.12. The second-order valence-electron chi connectivity index (χ2n) is 13.4. The Hall–Kier alpha value is -5.19. The van der Waals surface area contributed by atoms with Crippen LogP contribution in [0.2, 0.25) is 0 Å². The van der Waals surface area contributed by atoms with Gasteiger partial charge in [-0.1, -0.05) is 12.5 Å². The van der Waals surface area contributed by atoms with Crippen LogP contribution < -0.4 is 34.7 Å². The maximum absolute atomic E-state index is 14.1. The van der Waals surface area contributed by atoms with Crippen molar-refractivity contribution < 1.29 is 33.3 Å². The summed E-state index contributed by atoms with van der Waals surface area (Å²) in [6, 6.07) is 11.8. The highest BCUT2D eigenvalue weighted by molar-refractivity contribution is 5.86. The highest BCUT2D eigenvalue weighted by atomic mass is 16.5. The predicted octanol–water partition coefficient (Wildman–Crippen LogP) is 5.73. The van der Waals surface area contributed by atoms with E-state index in [1.807, 2.05) is 47.5 Å². The maximum Gasteiger partial charge on any atom is 0.226 e. The number of carbonyl (C=O) groups excluding carboxylic acids is 2. The highest BCUT2D eigenvalue weighted by Crippen LogP contribution is 2.46. The zero-order chi connectivity index (χ0) is 36.1. The number of nitrogens with two attached hydrogens (primary N) is 1. The number of benzene rings is 2. The summed E-state index contributed by atoms with van der Waals surface area (Å²) >= 11 is 0. The highest BCUT2D eigenvalue weighted by Gasteiger charge is 2.38. The van der Waals surface area contributed by atoms with Crippen LogP contribution in [0, 0.1) is 11.8 Å². The lowest BCUT2D eigenvalue weighted by molar-refractivity contribution is -0.143. The van der Waals surface area contributed by atoms with E-state index in [0.717, 1.165) is 58.7 Å². The van der Waals surface area contributed by atoms with Crippen molar-refractivity contribution in [3.63, 3.8) is 0 Å². The van der Waals surface area contributed by atoms with Gasteiger partial charge in [-0.15, -0.1) is 0 Å². The first-order chi connectivity index (χ1) is 24.8. The summed E-state index contributed by atoms with van der Waals surface area (Å²) in [5, 5.41) is 3.47. The number of nitrogens with one attached hydrogen (secondary N) is 1. The number of hydrogen-bond acceptors (Lipinski definition) is 9. The molecule has 2 aliphatic heterocycles. The molecule has 3 atom stereocenters. The fraction of sp³-hybridized carbons (Fsp3) is 0.425. The molecule has 3 N–H and O–H groups in total. The molecule has 11 heteroatoms. The number of methoxy groups -OCH3 is 5. The van der Waals surface area contributed by atoms with Gasteiger partial charge < -0.3 is 39.6 Å². The third-order valence-electron chi connectivity index (χ3n) is 10.4. The van der Waals surface area contributed by atoms with Gasteiger partial charge in [0, 0.05) is 36.8 Å². The summed E-state index contributed by atoms with van der Waals surface area (Å²) in [6.45, 7) is 1.02. The molecule has 2 aromatic carbocycles. The number of dihydropyridines is 1. The fourth-order valence-corrected chi connectivity index (χ4v) is 7.54. The lowest BCUT2D eigenvalue weighted by atomic mass is 9.78. The smallest absolute Gasteiger partial charge is 0.226 e. The van der Waals surface area contributed by atoms with Gasteiger partial charge >= 0.3 is 0 Å². The fourth-order valence-electron chi connectivity index (χ4n) is 7.54. The zero-order valence-corrected chi connectivity index (χ0v) is 30.1. The Morgan fingerprint density at radius 3 is 2.25 bits per heavy atom. The van der Waals surface area contributed by atoms with Gasteiger partial charge in [0.15, 0.2) is 23.0 Å². The Labute approximate surface area is 299 Å². The van der Waals surface area contributed by atoms with Gasteiger partial charge in [-0.05, 0) is 103 Å². The first-order valence-corrected chi connectivity index (χ1v) is 17.5. The van der Waals surface area contributed by atoms with Crippen molar-refractivity contribution in [2.24, 2.45) is 17.6 Å². The van der Waals surface area contributed by atoms with Crippen molar-refractivity contribution in [1.82, 2.24) is 15.2 Å². The molecule has 0 radical (unpaired) electrons. The molecule has 3 aromatic rings. The van der Waals surface area contributed by atoms with E-state index in [2.05, 4.69) is 22.4 Å². The number of likely N-dealkylation sites (tertiary alicyclic amines) is 1. The molecule has 6 rings (SSSR count). The molecule has 3 unspecified atom stereocenters. The zero-order valence-electron chi connectivity index (χ0n) is 30.1. The standard InChI is InChI=1S/C40H48N4O7/c1-47-34-19-28(18-30(38(34)50-4)26-7-6-8-26)33-17-25(10-13-43-33)23-44-14-11-27(31(40(44)46)22-37(41)45)15-24-9-12-42-32(16-24)29-20-35(48-2)39(51-5)36(21-29)49-3/h9-10,12-13,16-21,26-27,31,33,43H,6-8,11,14-15,22-23H2,1-5H3,(H2,41,45). The molecular formula is C40H48N4O7. The molecule has 1 saturated carbocycles. The number of primary amides is 1. The van der Waals surface area contributed by atoms with Crippen LogP contribution in [0.4, 0.5) is 0 Å². The molecule has 270 valence electrons. The number of hydrogen-bond donors (Lipinski definition) is 2. The van der Waals surface area contributed by atoms with Crippen molar-refractivity contribution in [3.8, 4) is 40.0 Å². The van der Waals surface area contributed by atoms with Crippen LogP contribution >= 0.6 is 0 Å². The molecule has 1 aromatic heterocycles. The van der Waals surface area contributed by atoms with E-state index in [9.17, 15) is 9.59 Å². The number of pyridine rings is 1. The average molecular weight is 697 g/mol. The van der Waals surface area contributed by atoms with E-state index < -0.39 is 11.8 Å². The van der Waals surface area contributed by atoms with E-state index >= 15 is 0 Å². The predicted molar refractivity (Wildman–Crippen MR) is 194 cm³/mol. The van der Waals surface area contributed by atoms with Crippen molar-refractivity contribution in [1.29, 1.82) is 0 Å². The van der Waals surface area contributed by atoms with Crippen LogP contribution in [0.3, 0.4) is 0 Å². The summed E-state index contributed by atoms with van der Waals surface area (Å²) in [5.41, 5.74) is 11.6. The summed E-state index contributed by atoms with van der Waals surface area (Å²) in [6.07, 6.45) is 12.7. The minimum Gasteiger partial charge on any atom is -0.493 e. The first-order valence-electron chi connectivity index (χ1n) is 17.5. The van der Waals surface area contributed by atoms with Crippen molar-refractivity contribution >= 4 is 11.8 Å². The van der Waals surface area contributed by atoms with Crippen molar-refractivity contribution in [3.05, 3.63) is 83.2 Å². The van der Waals surface area contributed by atoms with Crippen LogP contribution in [0.5, 0.6) is 28.7 Å². The number of piperidine rings is 1. The molecule has 3 heterocycles. The Kier molecular flexibility index (Phi) is 11.0. The minimum atomic E-state index is -0.521. The van der Waals surface area contributed by atoms with E-state index in [0.29, 0.717) is 42.7 Å². The van der Waals surface area contributed by atoms with Crippen LogP contribution in [-0.4, -0.2) is 70.3 Å². The first kappa shape index (κ1) is 35.6. The topological polar surface area (TPSA) is 134 Å². The Bertz CT molecular complexity index is 1790. The van der Waals surface area contributed by atoms with E-state index in [1.54, 1.807) is 41.7 Å². The van der Waals surface area contributed by atoms with E-state index in [4.69, 9.17) is 29.4 Å². The van der Waals surface area contributed by atoms with Gasteiger partial charge in [0.25, 0.3) is 0 Å². The van der Waals surface area contributed by atoms with Crippen molar-refractivity contribution in [2.75, 3.05) is 48.6 Å². The molecule has 1 aliphatic carbocycles. The molecule has 0 bridgehead atoms. The van der Waals surface area contributed by atoms with Gasteiger partial charge in [-0.2, -0.15) is 0 Å². The molecule has 1 saturated heterocycles. The largest absolute Gasteiger partial charge is 0.493 e. The molecule has 3 aliphatic rings. The Balaban J connectivity index is 1.19. The quantitative estimate of drug-likeness (QED) is 0.217. The number of carbonyl (C=O) groups is 2. The van der Waals surface area contributed by atoms with Crippen LogP contribution in [0.1, 0.15) is 60.8 Å². The molecule has 11 nitrogen and oxygen atoms in total. The van der Waals surface area contributed by atoms with Gasteiger partial charge in [0.05, 0.1) is 53.2 Å². The second-order valence-corrected chi connectivity index (χ2v) is 13.4. The summed E-state index contributed by atoms with van der Waals surface area (Å²) in [7, 11) is 8.08. The summed E-state index contributed by atoms with van der Waals surface area (Å²) < 4.78 is 28.1. The van der Waals surface area contributed by atoms with Gasteiger partial charge in [0.1, 0.15) is 0 Å². The molecular weight excluding hydrogens is 648 g/mol. The monoisotopic (exact) mass is 696 g/mol.